The maximum absolute atomic E-state index is 10.6. The normalized spacial score (nSPS) is 19.2. The molecule has 2 aromatic rings. The summed E-state index contributed by atoms with van der Waals surface area (Å²) in [6.07, 6.45) is 3.34. The van der Waals surface area contributed by atoms with Crippen molar-refractivity contribution in [1.82, 2.24) is 4.98 Å². The number of pyridine rings is 1. The van der Waals surface area contributed by atoms with Crippen molar-refractivity contribution in [2.24, 2.45) is 0 Å². The maximum atomic E-state index is 10.6. The number of aromatic nitrogens is 1. The number of benzene rings is 1. The van der Waals surface area contributed by atoms with E-state index in [-0.39, 0.29) is 5.92 Å². The lowest BCUT2D eigenvalue weighted by molar-refractivity contribution is 0.143. The zero-order valence-corrected chi connectivity index (χ0v) is 12.4. The lowest BCUT2D eigenvalue weighted by Crippen LogP contribution is -2.09. The van der Waals surface area contributed by atoms with Crippen LogP contribution in [0.2, 0.25) is 0 Å². The molecule has 3 heteroatoms. The van der Waals surface area contributed by atoms with Crippen LogP contribution in [0.25, 0.3) is 0 Å². The number of halogens is 1. The molecule has 2 atom stereocenters. The summed E-state index contributed by atoms with van der Waals surface area (Å²) in [7, 11) is 0. The lowest BCUT2D eigenvalue weighted by atomic mass is 9.93. The van der Waals surface area contributed by atoms with E-state index >= 15 is 0 Å². The Morgan fingerprint density at radius 2 is 2.21 bits per heavy atom. The highest BCUT2D eigenvalue weighted by molar-refractivity contribution is 9.10. The molecule has 0 amide bonds. The number of nitrogens with zero attached hydrogens (tertiary/aromatic N) is 1. The molecule has 0 saturated carbocycles. The summed E-state index contributed by atoms with van der Waals surface area (Å²) in [5.41, 5.74) is 4.47. The molecular weight excluding hydrogens is 302 g/mol. The molecule has 19 heavy (non-hydrogen) atoms. The fraction of sp³-hybridized carbons (Fsp3) is 0.312. The van der Waals surface area contributed by atoms with E-state index in [4.69, 9.17) is 0 Å². The van der Waals surface area contributed by atoms with E-state index in [1.165, 1.54) is 5.56 Å². The van der Waals surface area contributed by atoms with Gasteiger partial charge in [-0.15, -0.1) is 0 Å². The summed E-state index contributed by atoms with van der Waals surface area (Å²) >= 11 is 3.49. The quantitative estimate of drug-likeness (QED) is 0.910. The van der Waals surface area contributed by atoms with Crippen LogP contribution < -0.4 is 0 Å². The Bertz CT molecular complexity index is 611. The molecule has 2 unspecified atom stereocenters. The number of aryl methyl sites for hydroxylation is 2. The first-order valence-electron chi connectivity index (χ1n) is 6.54. The van der Waals surface area contributed by atoms with E-state index in [1.807, 2.05) is 31.3 Å². The van der Waals surface area contributed by atoms with E-state index in [9.17, 15) is 5.11 Å². The molecule has 3 rings (SSSR count). The summed E-state index contributed by atoms with van der Waals surface area (Å²) in [6.45, 7) is 2.04. The predicted molar refractivity (Wildman–Crippen MR) is 79.1 cm³/mol. The summed E-state index contributed by atoms with van der Waals surface area (Å²) in [5.74, 6) is 0.122. The zero-order chi connectivity index (χ0) is 13.4. The van der Waals surface area contributed by atoms with Gasteiger partial charge in [-0.1, -0.05) is 34.1 Å². The van der Waals surface area contributed by atoms with Crippen molar-refractivity contribution in [3.8, 4) is 0 Å². The minimum atomic E-state index is -0.469. The highest BCUT2D eigenvalue weighted by atomic mass is 79.9. The minimum Gasteiger partial charge on any atom is -0.388 e. The van der Waals surface area contributed by atoms with Gasteiger partial charge in [0.2, 0.25) is 0 Å². The van der Waals surface area contributed by atoms with Gasteiger partial charge < -0.3 is 5.11 Å². The molecule has 1 aliphatic carbocycles. The Hall–Kier alpha value is -1.19. The van der Waals surface area contributed by atoms with Gasteiger partial charge in [-0.05, 0) is 48.6 Å². The second-order valence-corrected chi connectivity index (χ2v) is 6.00. The third-order valence-electron chi connectivity index (χ3n) is 3.91. The smallest absolute Gasteiger partial charge is 0.0873 e. The second-order valence-electron chi connectivity index (χ2n) is 5.15. The Kier molecular flexibility index (Phi) is 3.42. The Labute approximate surface area is 121 Å². The van der Waals surface area contributed by atoms with E-state index in [2.05, 4.69) is 33.0 Å². The van der Waals surface area contributed by atoms with Crippen LogP contribution in [-0.4, -0.2) is 10.1 Å². The van der Waals surface area contributed by atoms with Gasteiger partial charge in [-0.25, -0.2) is 0 Å². The monoisotopic (exact) mass is 317 g/mol. The number of aliphatic hydroxyl groups is 1. The van der Waals surface area contributed by atoms with Crippen LogP contribution in [0.5, 0.6) is 0 Å². The molecule has 98 valence electrons. The van der Waals surface area contributed by atoms with Crippen molar-refractivity contribution in [3.05, 3.63) is 63.4 Å². The van der Waals surface area contributed by atoms with Crippen molar-refractivity contribution >= 4 is 15.9 Å². The molecule has 0 radical (unpaired) electrons. The molecule has 1 heterocycles. The molecular formula is C16H16BrNO. The Morgan fingerprint density at radius 3 is 3.00 bits per heavy atom. The van der Waals surface area contributed by atoms with E-state index < -0.39 is 6.10 Å². The standard InChI is InChI=1S/C16H16BrNO/c1-10-9-12(5-7-14(10)17)16(19)13-6-4-11-3-2-8-18-15(11)13/h2-3,5,7-9,13,16,19H,4,6H2,1H3. The maximum Gasteiger partial charge on any atom is 0.0873 e. The molecule has 0 spiro atoms. The van der Waals surface area contributed by atoms with Crippen LogP contribution in [0.3, 0.4) is 0 Å². The van der Waals surface area contributed by atoms with Crippen LogP contribution in [0.15, 0.2) is 41.0 Å². The molecule has 1 aliphatic rings. The van der Waals surface area contributed by atoms with E-state index in [0.29, 0.717) is 0 Å². The van der Waals surface area contributed by atoms with Crippen LogP contribution >= 0.6 is 15.9 Å². The Morgan fingerprint density at radius 1 is 1.37 bits per heavy atom. The third kappa shape index (κ3) is 2.33. The van der Waals surface area contributed by atoms with Gasteiger partial charge in [0.25, 0.3) is 0 Å². The Balaban J connectivity index is 1.93. The van der Waals surface area contributed by atoms with Gasteiger partial charge in [0, 0.05) is 22.3 Å². The van der Waals surface area contributed by atoms with Crippen LogP contribution in [0.4, 0.5) is 0 Å². The minimum absolute atomic E-state index is 0.122. The van der Waals surface area contributed by atoms with E-state index in [1.54, 1.807) is 0 Å². The topological polar surface area (TPSA) is 33.1 Å². The number of hydrogen-bond donors (Lipinski definition) is 1. The van der Waals surface area contributed by atoms with E-state index in [0.717, 1.165) is 34.1 Å². The summed E-state index contributed by atoms with van der Waals surface area (Å²) in [5, 5.41) is 10.6. The molecule has 0 saturated heterocycles. The first-order valence-corrected chi connectivity index (χ1v) is 7.34. The number of rotatable bonds is 2. The first-order chi connectivity index (χ1) is 9.16. The van der Waals surface area contributed by atoms with Crippen molar-refractivity contribution < 1.29 is 5.11 Å². The van der Waals surface area contributed by atoms with Crippen LogP contribution in [-0.2, 0) is 6.42 Å². The van der Waals surface area contributed by atoms with Crippen molar-refractivity contribution in [1.29, 1.82) is 0 Å². The van der Waals surface area contributed by atoms with Gasteiger partial charge in [-0.3, -0.25) is 4.98 Å². The second kappa shape index (κ2) is 5.06. The molecule has 1 aromatic heterocycles. The third-order valence-corrected chi connectivity index (χ3v) is 4.80. The van der Waals surface area contributed by atoms with Gasteiger partial charge in [0.15, 0.2) is 0 Å². The zero-order valence-electron chi connectivity index (χ0n) is 10.8. The lowest BCUT2D eigenvalue weighted by Gasteiger charge is -2.19. The molecule has 0 fully saturated rings. The molecule has 0 bridgehead atoms. The highest BCUT2D eigenvalue weighted by Crippen LogP contribution is 2.40. The SMILES string of the molecule is Cc1cc(C(O)C2CCc3cccnc32)ccc1Br. The summed E-state index contributed by atoms with van der Waals surface area (Å²) in [6, 6.07) is 10.1. The summed E-state index contributed by atoms with van der Waals surface area (Å²) in [4.78, 5) is 4.46. The fourth-order valence-corrected chi connectivity index (χ4v) is 3.08. The molecule has 1 aromatic carbocycles. The van der Waals surface area contributed by atoms with Crippen LogP contribution in [0.1, 0.15) is 40.8 Å². The van der Waals surface area contributed by atoms with Crippen molar-refractivity contribution in [2.45, 2.75) is 31.8 Å². The summed E-state index contributed by atoms with van der Waals surface area (Å²) < 4.78 is 1.08. The average molecular weight is 318 g/mol. The first kappa shape index (κ1) is 12.8. The van der Waals surface area contributed by atoms with Crippen molar-refractivity contribution in [3.63, 3.8) is 0 Å². The van der Waals surface area contributed by atoms with Gasteiger partial charge in [0.05, 0.1) is 6.10 Å². The van der Waals surface area contributed by atoms with Crippen LogP contribution in [0, 0.1) is 6.92 Å². The van der Waals surface area contributed by atoms with Gasteiger partial charge in [0.1, 0.15) is 0 Å². The van der Waals surface area contributed by atoms with Gasteiger partial charge in [-0.2, -0.15) is 0 Å². The molecule has 0 aliphatic heterocycles. The number of aliphatic hydroxyl groups excluding tert-OH is 1. The average Bonchev–Trinajstić information content (AvgIpc) is 2.85. The van der Waals surface area contributed by atoms with Crippen molar-refractivity contribution in [2.75, 3.05) is 0 Å². The highest BCUT2D eigenvalue weighted by Gasteiger charge is 2.30. The number of fused-ring (bicyclic) bond motifs is 1. The largest absolute Gasteiger partial charge is 0.388 e. The molecule has 1 N–H and O–H groups in total. The predicted octanol–water partition coefficient (Wildman–Crippen LogP) is 3.92. The fourth-order valence-electron chi connectivity index (χ4n) is 2.84. The molecule has 2 nitrogen and oxygen atoms in total. The number of hydrogen-bond acceptors (Lipinski definition) is 2. The van der Waals surface area contributed by atoms with Gasteiger partial charge >= 0.3 is 0 Å².